The third kappa shape index (κ3) is 4.07. The van der Waals surface area contributed by atoms with Gasteiger partial charge in [0, 0.05) is 44.5 Å². The molecule has 2 aromatic rings. The molecule has 2 aromatic heterocycles. The van der Waals surface area contributed by atoms with Crippen molar-refractivity contribution in [2.45, 2.75) is 32.7 Å². The van der Waals surface area contributed by atoms with Crippen molar-refractivity contribution in [3.05, 3.63) is 46.4 Å². The molecule has 124 valence electrons. The van der Waals surface area contributed by atoms with Gasteiger partial charge in [0.1, 0.15) is 0 Å². The lowest BCUT2D eigenvalue weighted by molar-refractivity contribution is 0.170. The van der Waals surface area contributed by atoms with Crippen molar-refractivity contribution < 1.29 is 0 Å². The van der Waals surface area contributed by atoms with E-state index in [0.717, 1.165) is 51.1 Å². The summed E-state index contributed by atoms with van der Waals surface area (Å²) in [5.41, 5.74) is 2.19. The zero-order chi connectivity index (χ0) is 16.2. The van der Waals surface area contributed by atoms with Crippen LogP contribution in [0.3, 0.4) is 0 Å². The third-order valence-electron chi connectivity index (χ3n) is 4.74. The Bertz CT molecular complexity index is 697. The maximum absolute atomic E-state index is 11.9. The van der Waals surface area contributed by atoms with Crippen molar-refractivity contribution >= 4 is 0 Å². The molecular formula is C17H25N5O. The Morgan fingerprint density at radius 3 is 2.74 bits per heavy atom. The molecular weight excluding hydrogens is 290 g/mol. The second kappa shape index (κ2) is 7.08. The maximum Gasteiger partial charge on any atom is 0.266 e. The Balaban J connectivity index is 1.48. The summed E-state index contributed by atoms with van der Waals surface area (Å²) in [6.07, 6.45) is 7.11. The first-order valence-corrected chi connectivity index (χ1v) is 8.34. The van der Waals surface area contributed by atoms with Gasteiger partial charge in [-0.2, -0.15) is 5.10 Å². The lowest BCUT2D eigenvalue weighted by atomic mass is 9.96. The minimum Gasteiger partial charge on any atom is -0.338 e. The first-order valence-electron chi connectivity index (χ1n) is 8.34. The minimum absolute atomic E-state index is 0.00855. The lowest BCUT2D eigenvalue weighted by Gasteiger charge is -2.31. The molecule has 0 unspecified atom stereocenters. The van der Waals surface area contributed by atoms with Crippen LogP contribution in [0, 0.1) is 12.8 Å². The van der Waals surface area contributed by atoms with Crippen LogP contribution in [0.2, 0.25) is 0 Å². The molecule has 0 spiro atoms. The van der Waals surface area contributed by atoms with Gasteiger partial charge in [0.25, 0.3) is 5.56 Å². The van der Waals surface area contributed by atoms with E-state index < -0.39 is 0 Å². The van der Waals surface area contributed by atoms with Crippen LogP contribution in [0.15, 0.2) is 29.5 Å². The molecule has 23 heavy (non-hydrogen) atoms. The number of aryl methyl sites for hydroxylation is 2. The van der Waals surface area contributed by atoms with Crippen LogP contribution in [0.1, 0.15) is 24.2 Å². The standard InChI is InChI=1S/C17H25N5O/c1-14-3-4-17(23)22(19-14)12-15-5-8-21(9-6-15)10-7-16-11-18-13-20(16)2/h3-4,11,13,15H,5-10,12H2,1-2H3. The molecule has 6 nitrogen and oxygen atoms in total. The van der Waals surface area contributed by atoms with Gasteiger partial charge in [-0.3, -0.25) is 4.79 Å². The summed E-state index contributed by atoms with van der Waals surface area (Å²) in [6, 6.07) is 3.39. The van der Waals surface area contributed by atoms with Gasteiger partial charge in [-0.05, 0) is 44.8 Å². The summed E-state index contributed by atoms with van der Waals surface area (Å²) in [7, 11) is 2.04. The highest BCUT2D eigenvalue weighted by Crippen LogP contribution is 2.18. The number of imidazole rings is 1. The quantitative estimate of drug-likeness (QED) is 0.833. The largest absolute Gasteiger partial charge is 0.338 e. The molecule has 1 saturated heterocycles. The predicted molar refractivity (Wildman–Crippen MR) is 89.3 cm³/mol. The number of aromatic nitrogens is 4. The smallest absolute Gasteiger partial charge is 0.266 e. The Morgan fingerprint density at radius 2 is 2.04 bits per heavy atom. The number of hydrogen-bond acceptors (Lipinski definition) is 4. The van der Waals surface area contributed by atoms with Gasteiger partial charge in [-0.15, -0.1) is 0 Å². The summed E-state index contributed by atoms with van der Waals surface area (Å²) in [6.45, 7) is 5.95. The molecule has 0 radical (unpaired) electrons. The molecule has 0 aliphatic carbocycles. The van der Waals surface area contributed by atoms with E-state index in [2.05, 4.69) is 19.5 Å². The summed E-state index contributed by atoms with van der Waals surface area (Å²) >= 11 is 0. The van der Waals surface area contributed by atoms with Gasteiger partial charge >= 0.3 is 0 Å². The Morgan fingerprint density at radius 1 is 1.26 bits per heavy atom. The number of rotatable bonds is 5. The van der Waals surface area contributed by atoms with Crippen molar-refractivity contribution in [2.24, 2.45) is 13.0 Å². The zero-order valence-electron chi connectivity index (χ0n) is 14.0. The molecule has 1 fully saturated rings. The highest BCUT2D eigenvalue weighted by molar-refractivity contribution is 4.98. The van der Waals surface area contributed by atoms with E-state index in [1.165, 1.54) is 5.69 Å². The molecule has 0 bridgehead atoms. The van der Waals surface area contributed by atoms with Crippen molar-refractivity contribution in [1.82, 2.24) is 24.2 Å². The van der Waals surface area contributed by atoms with Crippen LogP contribution in [0.25, 0.3) is 0 Å². The molecule has 0 N–H and O–H groups in total. The monoisotopic (exact) mass is 315 g/mol. The van der Waals surface area contributed by atoms with E-state index in [1.807, 2.05) is 26.5 Å². The van der Waals surface area contributed by atoms with Crippen molar-refractivity contribution in [3.8, 4) is 0 Å². The molecule has 0 saturated carbocycles. The fourth-order valence-electron chi connectivity index (χ4n) is 3.22. The topological polar surface area (TPSA) is 56.0 Å². The second-order valence-corrected chi connectivity index (χ2v) is 6.53. The van der Waals surface area contributed by atoms with Gasteiger partial charge in [0.15, 0.2) is 0 Å². The normalized spacial score (nSPS) is 16.8. The predicted octanol–water partition coefficient (Wildman–Crippen LogP) is 1.24. The summed E-state index contributed by atoms with van der Waals surface area (Å²) in [5, 5.41) is 4.35. The molecule has 6 heteroatoms. The van der Waals surface area contributed by atoms with Crippen molar-refractivity contribution in [1.29, 1.82) is 0 Å². The van der Waals surface area contributed by atoms with E-state index in [1.54, 1.807) is 16.8 Å². The summed E-state index contributed by atoms with van der Waals surface area (Å²) in [4.78, 5) is 18.5. The lowest BCUT2D eigenvalue weighted by Crippen LogP contribution is -2.38. The van der Waals surface area contributed by atoms with Gasteiger partial charge < -0.3 is 9.47 Å². The third-order valence-corrected chi connectivity index (χ3v) is 4.74. The van der Waals surface area contributed by atoms with Crippen LogP contribution in [-0.2, 0) is 20.0 Å². The van der Waals surface area contributed by atoms with Gasteiger partial charge in [0.2, 0.25) is 0 Å². The molecule has 3 heterocycles. The molecule has 0 amide bonds. The molecule has 1 aliphatic heterocycles. The van der Waals surface area contributed by atoms with Crippen LogP contribution in [-0.4, -0.2) is 43.9 Å². The van der Waals surface area contributed by atoms with Crippen LogP contribution in [0.4, 0.5) is 0 Å². The van der Waals surface area contributed by atoms with Crippen LogP contribution >= 0.6 is 0 Å². The Labute approximate surface area is 136 Å². The zero-order valence-corrected chi connectivity index (χ0v) is 14.0. The summed E-state index contributed by atoms with van der Waals surface area (Å²) in [5.74, 6) is 0.551. The molecule has 0 atom stereocenters. The summed E-state index contributed by atoms with van der Waals surface area (Å²) < 4.78 is 3.72. The average molecular weight is 315 g/mol. The highest BCUT2D eigenvalue weighted by Gasteiger charge is 2.20. The van der Waals surface area contributed by atoms with Gasteiger partial charge in [0.05, 0.1) is 12.0 Å². The van der Waals surface area contributed by atoms with E-state index in [9.17, 15) is 4.79 Å². The molecule has 3 rings (SSSR count). The fraction of sp³-hybridized carbons (Fsp3) is 0.588. The number of likely N-dealkylation sites (tertiary alicyclic amines) is 1. The maximum atomic E-state index is 11.9. The van der Waals surface area contributed by atoms with E-state index in [4.69, 9.17) is 0 Å². The Hall–Kier alpha value is -1.95. The van der Waals surface area contributed by atoms with E-state index >= 15 is 0 Å². The first kappa shape index (κ1) is 15.9. The second-order valence-electron chi connectivity index (χ2n) is 6.53. The molecule has 0 aromatic carbocycles. The number of nitrogens with zero attached hydrogens (tertiary/aromatic N) is 5. The van der Waals surface area contributed by atoms with Crippen LogP contribution in [0.5, 0.6) is 0 Å². The van der Waals surface area contributed by atoms with Crippen LogP contribution < -0.4 is 5.56 Å². The fourth-order valence-corrected chi connectivity index (χ4v) is 3.22. The Kier molecular flexibility index (Phi) is 4.91. The van der Waals surface area contributed by atoms with Crippen molar-refractivity contribution in [3.63, 3.8) is 0 Å². The van der Waals surface area contributed by atoms with Gasteiger partial charge in [-0.1, -0.05) is 0 Å². The number of hydrogen-bond donors (Lipinski definition) is 0. The van der Waals surface area contributed by atoms with E-state index in [0.29, 0.717) is 5.92 Å². The first-order chi connectivity index (χ1) is 11.1. The van der Waals surface area contributed by atoms with Gasteiger partial charge in [-0.25, -0.2) is 9.67 Å². The minimum atomic E-state index is 0.00855. The molecule has 1 aliphatic rings. The van der Waals surface area contributed by atoms with E-state index in [-0.39, 0.29) is 5.56 Å². The highest BCUT2D eigenvalue weighted by atomic mass is 16.1. The average Bonchev–Trinajstić information content (AvgIpc) is 2.95. The number of piperidine rings is 1. The SMILES string of the molecule is Cc1ccc(=O)n(CC2CCN(CCc3cncn3C)CC2)n1. The van der Waals surface area contributed by atoms with Crippen molar-refractivity contribution in [2.75, 3.05) is 19.6 Å².